The van der Waals surface area contributed by atoms with Crippen molar-refractivity contribution in [2.24, 2.45) is 11.8 Å². The third-order valence-electron chi connectivity index (χ3n) is 6.08. The molecule has 1 aromatic rings. The Bertz CT molecular complexity index is 471. The van der Waals surface area contributed by atoms with Gasteiger partial charge in [0.1, 0.15) is 0 Å². The summed E-state index contributed by atoms with van der Waals surface area (Å²) >= 11 is 0. The van der Waals surface area contributed by atoms with Crippen LogP contribution < -0.4 is 5.32 Å². The number of likely N-dealkylation sites (tertiary alicyclic amines) is 1. The largest absolute Gasteiger partial charge is 0.316 e. The van der Waals surface area contributed by atoms with Crippen LogP contribution in [0.2, 0.25) is 0 Å². The highest BCUT2D eigenvalue weighted by atomic mass is 35.5. The molecule has 130 valence electrons. The molecule has 0 aromatic heterocycles. The first-order valence-electron chi connectivity index (χ1n) is 8.92. The predicted molar refractivity (Wildman–Crippen MR) is 102 cm³/mol. The molecule has 1 N–H and O–H groups in total. The van der Waals surface area contributed by atoms with Crippen molar-refractivity contribution in [2.75, 3.05) is 32.7 Å². The van der Waals surface area contributed by atoms with Gasteiger partial charge in [-0.1, -0.05) is 24.3 Å². The summed E-state index contributed by atoms with van der Waals surface area (Å²) in [6.07, 6.45) is 6.86. The molecule has 0 amide bonds. The first-order chi connectivity index (χ1) is 10.4. The fourth-order valence-electron chi connectivity index (χ4n) is 4.79. The van der Waals surface area contributed by atoms with E-state index in [0.29, 0.717) is 0 Å². The second kappa shape index (κ2) is 8.71. The molecular weight excluding hydrogens is 327 g/mol. The third-order valence-corrected chi connectivity index (χ3v) is 6.08. The molecule has 4 heteroatoms. The second-order valence-corrected chi connectivity index (χ2v) is 7.31. The summed E-state index contributed by atoms with van der Waals surface area (Å²) in [6, 6.07) is 9.62. The molecule has 2 nitrogen and oxygen atoms in total. The van der Waals surface area contributed by atoms with Crippen molar-refractivity contribution in [3.63, 3.8) is 0 Å². The molecule has 0 radical (unpaired) electrons. The normalized spacial score (nSPS) is 29.8. The van der Waals surface area contributed by atoms with E-state index >= 15 is 0 Å². The Balaban J connectivity index is 0.000000960. The maximum atomic E-state index is 3.58. The summed E-state index contributed by atoms with van der Waals surface area (Å²) in [6.45, 7) is 6.38. The van der Waals surface area contributed by atoms with E-state index in [9.17, 15) is 0 Å². The summed E-state index contributed by atoms with van der Waals surface area (Å²) in [5.74, 6) is 2.67. The molecule has 4 rings (SSSR count). The third kappa shape index (κ3) is 4.22. The zero-order valence-corrected chi connectivity index (χ0v) is 15.5. The van der Waals surface area contributed by atoms with Gasteiger partial charge in [0, 0.05) is 6.54 Å². The molecule has 23 heavy (non-hydrogen) atoms. The highest BCUT2D eigenvalue weighted by molar-refractivity contribution is 5.85. The van der Waals surface area contributed by atoms with Crippen LogP contribution in [0.3, 0.4) is 0 Å². The maximum Gasteiger partial charge on any atom is 0.00218 e. The molecule has 3 aliphatic rings. The Morgan fingerprint density at radius 3 is 2.43 bits per heavy atom. The molecule has 1 aromatic carbocycles. The van der Waals surface area contributed by atoms with Crippen molar-refractivity contribution >= 4 is 24.8 Å². The number of fused-ring (bicyclic) bond motifs is 1. The topological polar surface area (TPSA) is 15.3 Å². The quantitative estimate of drug-likeness (QED) is 0.880. The highest BCUT2D eigenvalue weighted by Gasteiger charge is 2.39. The van der Waals surface area contributed by atoms with Gasteiger partial charge < -0.3 is 10.2 Å². The second-order valence-electron chi connectivity index (χ2n) is 7.31. The summed E-state index contributed by atoms with van der Waals surface area (Å²) in [5.41, 5.74) is 3.11. The number of halogens is 2. The zero-order chi connectivity index (χ0) is 14.1. The molecule has 3 atom stereocenters. The van der Waals surface area contributed by atoms with Gasteiger partial charge in [0.05, 0.1) is 0 Å². The van der Waals surface area contributed by atoms with Crippen LogP contribution in [-0.4, -0.2) is 37.6 Å². The average molecular weight is 357 g/mol. The van der Waals surface area contributed by atoms with E-state index in [1.54, 1.807) is 5.56 Å². The first-order valence-corrected chi connectivity index (χ1v) is 8.92. The lowest BCUT2D eigenvalue weighted by molar-refractivity contribution is 0.343. The molecule has 2 aliphatic heterocycles. The van der Waals surface area contributed by atoms with Gasteiger partial charge in [-0.3, -0.25) is 0 Å². The van der Waals surface area contributed by atoms with E-state index in [2.05, 4.69) is 34.5 Å². The SMILES string of the molecule is Cl.Cl.c1cc(C2CCC3CNCC32)ccc1CCN1CCCC1. The summed E-state index contributed by atoms with van der Waals surface area (Å²) in [7, 11) is 0. The Hall–Kier alpha value is -0.280. The summed E-state index contributed by atoms with van der Waals surface area (Å²) in [4.78, 5) is 2.61. The van der Waals surface area contributed by atoms with Gasteiger partial charge in [-0.15, -0.1) is 24.8 Å². The molecule has 1 saturated carbocycles. The van der Waals surface area contributed by atoms with Crippen molar-refractivity contribution in [1.82, 2.24) is 10.2 Å². The molecule has 1 aliphatic carbocycles. The van der Waals surface area contributed by atoms with E-state index in [0.717, 1.165) is 17.8 Å². The minimum atomic E-state index is 0. The molecule has 3 unspecified atom stereocenters. The Labute approximate surface area is 153 Å². The monoisotopic (exact) mass is 356 g/mol. The lowest BCUT2D eigenvalue weighted by Crippen LogP contribution is -2.21. The van der Waals surface area contributed by atoms with E-state index in [1.807, 2.05) is 0 Å². The molecule has 3 fully saturated rings. The van der Waals surface area contributed by atoms with Crippen LogP contribution >= 0.6 is 24.8 Å². The number of benzene rings is 1. The van der Waals surface area contributed by atoms with Crippen LogP contribution in [-0.2, 0) is 6.42 Å². The van der Waals surface area contributed by atoms with Gasteiger partial charge in [0.2, 0.25) is 0 Å². The average Bonchev–Trinajstić information content (AvgIpc) is 3.23. The molecule has 0 spiro atoms. The molecule has 0 bridgehead atoms. The van der Waals surface area contributed by atoms with E-state index < -0.39 is 0 Å². The number of hydrogen-bond donors (Lipinski definition) is 1. The van der Waals surface area contributed by atoms with E-state index in [1.165, 1.54) is 70.4 Å². The smallest absolute Gasteiger partial charge is 0.00218 e. The van der Waals surface area contributed by atoms with Crippen molar-refractivity contribution in [2.45, 2.75) is 38.0 Å². The van der Waals surface area contributed by atoms with Gasteiger partial charge in [0.25, 0.3) is 0 Å². The number of nitrogens with zero attached hydrogens (tertiary/aromatic N) is 1. The molecule has 2 saturated heterocycles. The Morgan fingerprint density at radius 1 is 0.957 bits per heavy atom. The fourth-order valence-corrected chi connectivity index (χ4v) is 4.79. The highest BCUT2D eigenvalue weighted by Crippen LogP contribution is 2.45. The van der Waals surface area contributed by atoms with Crippen LogP contribution in [0.4, 0.5) is 0 Å². The number of hydrogen-bond acceptors (Lipinski definition) is 2. The minimum Gasteiger partial charge on any atom is -0.316 e. The standard InChI is InChI=1S/C19H28N2.2ClH/c1-2-11-21(10-1)12-9-15-3-5-16(6-4-15)18-8-7-17-13-20-14-19(17)18;;/h3-6,17-20H,1-2,7-14H2;2*1H. The first kappa shape index (κ1) is 19.1. The molecule has 2 heterocycles. The van der Waals surface area contributed by atoms with Gasteiger partial charge in [-0.2, -0.15) is 0 Å². The van der Waals surface area contributed by atoms with Crippen LogP contribution in [0.15, 0.2) is 24.3 Å². The van der Waals surface area contributed by atoms with E-state index in [-0.39, 0.29) is 24.8 Å². The van der Waals surface area contributed by atoms with Gasteiger partial charge in [-0.25, -0.2) is 0 Å². The number of nitrogens with one attached hydrogen (secondary N) is 1. The minimum absolute atomic E-state index is 0. The Kier molecular flexibility index (Phi) is 7.21. The summed E-state index contributed by atoms with van der Waals surface area (Å²) in [5, 5.41) is 3.58. The lowest BCUT2D eigenvalue weighted by Gasteiger charge is -2.19. The van der Waals surface area contributed by atoms with Gasteiger partial charge in [0.15, 0.2) is 0 Å². The van der Waals surface area contributed by atoms with Crippen molar-refractivity contribution in [3.8, 4) is 0 Å². The fraction of sp³-hybridized carbons (Fsp3) is 0.684. The van der Waals surface area contributed by atoms with Crippen LogP contribution in [0.25, 0.3) is 0 Å². The maximum absolute atomic E-state index is 3.58. The van der Waals surface area contributed by atoms with Crippen LogP contribution in [0.1, 0.15) is 42.7 Å². The lowest BCUT2D eigenvalue weighted by atomic mass is 9.86. The van der Waals surface area contributed by atoms with Crippen molar-refractivity contribution in [1.29, 1.82) is 0 Å². The van der Waals surface area contributed by atoms with Gasteiger partial charge >= 0.3 is 0 Å². The predicted octanol–water partition coefficient (Wildman–Crippen LogP) is 3.88. The Morgan fingerprint density at radius 2 is 1.70 bits per heavy atom. The zero-order valence-electron chi connectivity index (χ0n) is 13.9. The number of rotatable bonds is 4. The summed E-state index contributed by atoms with van der Waals surface area (Å²) < 4.78 is 0. The van der Waals surface area contributed by atoms with Gasteiger partial charge in [-0.05, 0) is 87.2 Å². The van der Waals surface area contributed by atoms with Crippen molar-refractivity contribution in [3.05, 3.63) is 35.4 Å². The molecular formula is C19H30Cl2N2. The van der Waals surface area contributed by atoms with Crippen molar-refractivity contribution < 1.29 is 0 Å². The van der Waals surface area contributed by atoms with Crippen LogP contribution in [0, 0.1) is 11.8 Å². The van der Waals surface area contributed by atoms with Crippen LogP contribution in [0.5, 0.6) is 0 Å². The van der Waals surface area contributed by atoms with E-state index in [4.69, 9.17) is 0 Å².